The SMILES string of the molecule is Cl.N[C@@H]1C[C@H](CO)C[C@H]1O. The molecule has 0 saturated heterocycles. The fourth-order valence-electron chi connectivity index (χ4n) is 1.30. The maximum absolute atomic E-state index is 9.06. The fourth-order valence-corrected chi connectivity index (χ4v) is 1.30. The first-order valence-corrected chi connectivity index (χ1v) is 3.28. The van der Waals surface area contributed by atoms with Crippen LogP contribution in [0.1, 0.15) is 12.8 Å². The Labute approximate surface area is 66.6 Å². The fraction of sp³-hybridized carbons (Fsp3) is 1.00. The predicted octanol–water partition coefficient (Wildman–Crippen LogP) is -0.501. The largest absolute Gasteiger partial charge is 0.396 e. The molecule has 0 unspecified atom stereocenters. The van der Waals surface area contributed by atoms with E-state index >= 15 is 0 Å². The lowest BCUT2D eigenvalue weighted by atomic mass is 10.1. The van der Waals surface area contributed by atoms with E-state index in [-0.39, 0.29) is 37.1 Å². The molecule has 0 aromatic heterocycles. The van der Waals surface area contributed by atoms with E-state index in [1.807, 2.05) is 0 Å². The molecule has 0 radical (unpaired) electrons. The minimum Gasteiger partial charge on any atom is -0.396 e. The minimum absolute atomic E-state index is 0. The first-order valence-electron chi connectivity index (χ1n) is 3.28. The summed E-state index contributed by atoms with van der Waals surface area (Å²) in [7, 11) is 0. The highest BCUT2D eigenvalue weighted by Crippen LogP contribution is 2.23. The number of nitrogens with two attached hydrogens (primary N) is 1. The summed E-state index contributed by atoms with van der Waals surface area (Å²) in [6.07, 6.45) is 1.04. The van der Waals surface area contributed by atoms with Gasteiger partial charge in [-0.3, -0.25) is 0 Å². The van der Waals surface area contributed by atoms with Crippen molar-refractivity contribution in [3.8, 4) is 0 Å². The van der Waals surface area contributed by atoms with E-state index in [0.29, 0.717) is 6.42 Å². The van der Waals surface area contributed by atoms with Crippen molar-refractivity contribution in [2.45, 2.75) is 25.0 Å². The van der Waals surface area contributed by atoms with E-state index in [1.165, 1.54) is 0 Å². The third kappa shape index (κ3) is 2.09. The van der Waals surface area contributed by atoms with Crippen molar-refractivity contribution in [1.82, 2.24) is 0 Å². The first-order chi connectivity index (χ1) is 4.24. The van der Waals surface area contributed by atoms with Gasteiger partial charge in [-0.05, 0) is 18.8 Å². The molecule has 3 nitrogen and oxygen atoms in total. The molecule has 4 heteroatoms. The number of hydrogen-bond donors (Lipinski definition) is 3. The second-order valence-corrected chi connectivity index (χ2v) is 2.75. The molecular formula is C6H14ClNO2. The molecule has 0 spiro atoms. The van der Waals surface area contributed by atoms with Crippen LogP contribution in [0.5, 0.6) is 0 Å². The summed E-state index contributed by atoms with van der Waals surface area (Å²) in [6, 6.07) is -0.109. The van der Waals surface area contributed by atoms with Gasteiger partial charge in [-0.15, -0.1) is 12.4 Å². The van der Waals surface area contributed by atoms with Crippen LogP contribution in [0.3, 0.4) is 0 Å². The summed E-state index contributed by atoms with van der Waals surface area (Å²) >= 11 is 0. The van der Waals surface area contributed by atoms with E-state index in [4.69, 9.17) is 15.9 Å². The smallest absolute Gasteiger partial charge is 0.0694 e. The summed E-state index contributed by atoms with van der Waals surface area (Å²) in [5.74, 6) is 0.231. The summed E-state index contributed by atoms with van der Waals surface area (Å²) in [5.41, 5.74) is 5.48. The van der Waals surface area contributed by atoms with Gasteiger partial charge in [-0.2, -0.15) is 0 Å². The molecule has 0 heterocycles. The lowest BCUT2D eigenvalue weighted by Crippen LogP contribution is -2.28. The van der Waals surface area contributed by atoms with Gasteiger partial charge in [0.05, 0.1) is 6.10 Å². The summed E-state index contributed by atoms with van der Waals surface area (Å²) < 4.78 is 0. The maximum atomic E-state index is 9.06. The Morgan fingerprint density at radius 2 is 2.00 bits per heavy atom. The molecular weight excluding hydrogens is 154 g/mol. The van der Waals surface area contributed by atoms with Gasteiger partial charge in [-0.25, -0.2) is 0 Å². The maximum Gasteiger partial charge on any atom is 0.0694 e. The second-order valence-electron chi connectivity index (χ2n) is 2.75. The number of aliphatic hydroxyl groups excluding tert-OH is 2. The van der Waals surface area contributed by atoms with Crippen molar-refractivity contribution in [3.63, 3.8) is 0 Å². The standard InChI is InChI=1S/C6H13NO2.ClH/c7-5-1-4(3-8)2-6(5)9;/h4-6,8-9H,1-3,7H2;1H/t4-,5+,6+;/m0./s1. The molecule has 1 aliphatic carbocycles. The molecule has 4 N–H and O–H groups in total. The molecule has 1 fully saturated rings. The zero-order valence-electron chi connectivity index (χ0n) is 5.73. The van der Waals surface area contributed by atoms with Crippen molar-refractivity contribution in [2.75, 3.05) is 6.61 Å². The molecule has 0 aromatic rings. The molecule has 0 bridgehead atoms. The molecule has 1 saturated carbocycles. The number of aliphatic hydroxyl groups is 2. The normalized spacial score (nSPS) is 39.3. The monoisotopic (exact) mass is 167 g/mol. The van der Waals surface area contributed by atoms with Crippen LogP contribution in [-0.4, -0.2) is 29.0 Å². The Morgan fingerprint density at radius 1 is 1.40 bits per heavy atom. The number of halogens is 1. The minimum atomic E-state index is -0.387. The quantitative estimate of drug-likeness (QED) is 0.493. The van der Waals surface area contributed by atoms with Crippen molar-refractivity contribution < 1.29 is 10.2 Å². The zero-order valence-corrected chi connectivity index (χ0v) is 6.55. The van der Waals surface area contributed by atoms with Crippen LogP contribution >= 0.6 is 12.4 Å². The van der Waals surface area contributed by atoms with E-state index in [2.05, 4.69) is 0 Å². The van der Waals surface area contributed by atoms with Crippen LogP contribution in [-0.2, 0) is 0 Å². The zero-order chi connectivity index (χ0) is 6.85. The van der Waals surface area contributed by atoms with E-state index in [1.54, 1.807) is 0 Å². The van der Waals surface area contributed by atoms with Crippen LogP contribution < -0.4 is 5.73 Å². The Balaban J connectivity index is 0.000000810. The summed E-state index contributed by atoms with van der Waals surface area (Å²) in [4.78, 5) is 0. The Bertz CT molecular complexity index is 91.7. The molecule has 1 aliphatic rings. The van der Waals surface area contributed by atoms with E-state index < -0.39 is 0 Å². The lowest BCUT2D eigenvalue weighted by molar-refractivity contribution is 0.153. The van der Waals surface area contributed by atoms with E-state index in [0.717, 1.165) is 6.42 Å². The van der Waals surface area contributed by atoms with Crippen molar-refractivity contribution in [1.29, 1.82) is 0 Å². The van der Waals surface area contributed by atoms with Gasteiger partial charge in [0.15, 0.2) is 0 Å². The number of rotatable bonds is 1. The van der Waals surface area contributed by atoms with Crippen LogP contribution in [0.4, 0.5) is 0 Å². The van der Waals surface area contributed by atoms with Crippen molar-refractivity contribution in [3.05, 3.63) is 0 Å². The Hall–Kier alpha value is 0.170. The van der Waals surface area contributed by atoms with Gasteiger partial charge in [0.25, 0.3) is 0 Å². The molecule has 1 rings (SSSR count). The van der Waals surface area contributed by atoms with Crippen LogP contribution in [0, 0.1) is 5.92 Å². The van der Waals surface area contributed by atoms with Gasteiger partial charge in [0, 0.05) is 12.6 Å². The van der Waals surface area contributed by atoms with Crippen LogP contribution in [0.15, 0.2) is 0 Å². The average molecular weight is 168 g/mol. The molecule has 10 heavy (non-hydrogen) atoms. The third-order valence-corrected chi connectivity index (χ3v) is 1.93. The molecule has 62 valence electrons. The highest BCUT2D eigenvalue weighted by molar-refractivity contribution is 5.85. The summed E-state index contributed by atoms with van der Waals surface area (Å²) in [6.45, 7) is 0.158. The van der Waals surface area contributed by atoms with Crippen LogP contribution in [0.2, 0.25) is 0 Å². The van der Waals surface area contributed by atoms with E-state index in [9.17, 15) is 0 Å². The van der Waals surface area contributed by atoms with Crippen LogP contribution in [0.25, 0.3) is 0 Å². The molecule has 3 atom stereocenters. The topological polar surface area (TPSA) is 66.5 Å². The second kappa shape index (κ2) is 4.13. The highest BCUT2D eigenvalue weighted by atomic mass is 35.5. The van der Waals surface area contributed by atoms with Gasteiger partial charge in [0.2, 0.25) is 0 Å². The lowest BCUT2D eigenvalue weighted by Gasteiger charge is -2.04. The van der Waals surface area contributed by atoms with Gasteiger partial charge >= 0.3 is 0 Å². The van der Waals surface area contributed by atoms with Crippen molar-refractivity contribution >= 4 is 12.4 Å². The first kappa shape index (κ1) is 10.2. The molecule has 0 aromatic carbocycles. The van der Waals surface area contributed by atoms with Gasteiger partial charge < -0.3 is 15.9 Å². The molecule has 0 amide bonds. The van der Waals surface area contributed by atoms with Gasteiger partial charge in [-0.1, -0.05) is 0 Å². The highest BCUT2D eigenvalue weighted by Gasteiger charge is 2.29. The Morgan fingerprint density at radius 3 is 2.20 bits per heavy atom. The van der Waals surface area contributed by atoms with Crippen molar-refractivity contribution in [2.24, 2.45) is 11.7 Å². The third-order valence-electron chi connectivity index (χ3n) is 1.93. The summed E-state index contributed by atoms with van der Waals surface area (Å²) in [5, 5.41) is 17.7. The Kier molecular flexibility index (Phi) is 4.20. The van der Waals surface area contributed by atoms with Gasteiger partial charge in [0.1, 0.15) is 0 Å². The average Bonchev–Trinajstić information content (AvgIpc) is 2.13. The number of hydrogen-bond acceptors (Lipinski definition) is 3. The molecule has 0 aliphatic heterocycles. The predicted molar refractivity (Wildman–Crippen MR) is 41.0 cm³/mol.